The molecule has 0 spiro atoms. The number of rotatable bonds is 7. The van der Waals surface area contributed by atoms with Gasteiger partial charge in [-0.05, 0) is 91.0 Å². The van der Waals surface area contributed by atoms with Crippen LogP contribution < -0.4 is 16.0 Å². The highest BCUT2D eigenvalue weighted by Crippen LogP contribution is 2.36. The molecule has 0 unspecified atom stereocenters. The Labute approximate surface area is 255 Å². The minimum Gasteiger partial charge on any atom is -0.453 e. The number of hydrogen-bond acceptors (Lipinski definition) is 5. The standard InChI is InChI=1S/C36H44N4O3/c1-43-36(42)40(32-16-14-31(37)15-17-32)23-25-7-6-12-28(21-25)29-13-18-34(33(22-29)38-35(41)27-9-3-4-10-27)39-20-19-26-8-2-5-11-30(26)24-39/h2,5-8,11-13,18,21-22,27,31-32H,3-4,9-10,14-17,19-20,23-24,37H2,1H3,(H,38,41). The third-order valence-electron chi connectivity index (χ3n) is 9.66. The molecule has 226 valence electrons. The molecule has 2 fully saturated rings. The summed E-state index contributed by atoms with van der Waals surface area (Å²) in [6, 6.07) is 23.8. The minimum absolute atomic E-state index is 0.0838. The Hall–Kier alpha value is -3.84. The van der Waals surface area contributed by atoms with Gasteiger partial charge in [-0.25, -0.2) is 4.79 Å². The van der Waals surface area contributed by atoms with Gasteiger partial charge in [-0.15, -0.1) is 0 Å². The summed E-state index contributed by atoms with van der Waals surface area (Å²) in [5.74, 6) is 0.212. The second-order valence-electron chi connectivity index (χ2n) is 12.5. The number of anilines is 2. The van der Waals surface area contributed by atoms with Gasteiger partial charge < -0.3 is 25.6 Å². The Morgan fingerprint density at radius 3 is 2.42 bits per heavy atom. The number of methoxy groups -OCH3 is 1. The maximum atomic E-state index is 13.3. The molecule has 2 amide bonds. The van der Waals surface area contributed by atoms with Crippen LogP contribution in [0.25, 0.3) is 11.1 Å². The van der Waals surface area contributed by atoms with E-state index in [9.17, 15) is 9.59 Å². The molecule has 2 aliphatic carbocycles. The molecule has 3 N–H and O–H groups in total. The highest BCUT2D eigenvalue weighted by Gasteiger charge is 2.29. The van der Waals surface area contributed by atoms with Crippen molar-refractivity contribution in [2.75, 3.05) is 23.9 Å². The van der Waals surface area contributed by atoms with Crippen LogP contribution >= 0.6 is 0 Å². The van der Waals surface area contributed by atoms with Gasteiger partial charge in [-0.3, -0.25) is 4.79 Å². The van der Waals surface area contributed by atoms with Crippen LogP contribution in [0.5, 0.6) is 0 Å². The van der Waals surface area contributed by atoms with Gasteiger partial charge in [0.2, 0.25) is 5.91 Å². The van der Waals surface area contributed by atoms with Gasteiger partial charge in [0.05, 0.1) is 18.5 Å². The van der Waals surface area contributed by atoms with Crippen molar-refractivity contribution >= 4 is 23.4 Å². The number of carbonyl (C=O) groups is 2. The summed E-state index contributed by atoms with van der Waals surface area (Å²) in [7, 11) is 1.45. The lowest BCUT2D eigenvalue weighted by molar-refractivity contribution is -0.119. The second kappa shape index (κ2) is 13.2. The fraction of sp³-hybridized carbons (Fsp3) is 0.444. The lowest BCUT2D eigenvalue weighted by atomic mass is 9.90. The van der Waals surface area contributed by atoms with Crippen molar-refractivity contribution < 1.29 is 14.3 Å². The number of nitrogens with zero attached hydrogens (tertiary/aromatic N) is 2. The van der Waals surface area contributed by atoms with Gasteiger partial charge in [0.25, 0.3) is 0 Å². The van der Waals surface area contributed by atoms with E-state index < -0.39 is 0 Å². The van der Waals surface area contributed by atoms with E-state index in [1.807, 2.05) is 11.0 Å². The van der Waals surface area contributed by atoms with Crippen molar-refractivity contribution in [1.29, 1.82) is 0 Å². The summed E-state index contributed by atoms with van der Waals surface area (Å²) in [4.78, 5) is 30.4. The largest absolute Gasteiger partial charge is 0.453 e. The Bertz CT molecular complexity index is 1440. The average Bonchev–Trinajstić information content (AvgIpc) is 3.59. The molecule has 0 radical (unpaired) electrons. The molecule has 43 heavy (non-hydrogen) atoms. The number of hydrogen-bond donors (Lipinski definition) is 2. The number of carbonyl (C=O) groups excluding carboxylic acids is 2. The third kappa shape index (κ3) is 6.72. The van der Waals surface area contributed by atoms with Crippen LogP contribution in [0.2, 0.25) is 0 Å². The third-order valence-corrected chi connectivity index (χ3v) is 9.66. The van der Waals surface area contributed by atoms with E-state index in [1.54, 1.807) is 0 Å². The molecule has 0 saturated heterocycles. The molecule has 0 bridgehead atoms. The summed E-state index contributed by atoms with van der Waals surface area (Å²) in [5, 5.41) is 3.34. The van der Waals surface area contributed by atoms with Crippen molar-refractivity contribution in [3.63, 3.8) is 0 Å². The van der Waals surface area contributed by atoms with Gasteiger partial charge >= 0.3 is 6.09 Å². The maximum Gasteiger partial charge on any atom is 0.410 e. The van der Waals surface area contributed by atoms with Crippen molar-refractivity contribution in [3.05, 3.63) is 83.4 Å². The van der Waals surface area contributed by atoms with Gasteiger partial charge in [0.15, 0.2) is 0 Å². The predicted molar refractivity (Wildman–Crippen MR) is 172 cm³/mol. The summed E-state index contributed by atoms with van der Waals surface area (Å²) >= 11 is 0. The first-order valence-electron chi connectivity index (χ1n) is 15.9. The van der Waals surface area contributed by atoms with Gasteiger partial charge in [-0.1, -0.05) is 61.4 Å². The highest BCUT2D eigenvalue weighted by molar-refractivity contribution is 5.97. The zero-order chi connectivity index (χ0) is 29.8. The minimum atomic E-state index is -0.296. The highest BCUT2D eigenvalue weighted by atomic mass is 16.5. The molecule has 1 aliphatic heterocycles. The monoisotopic (exact) mass is 580 g/mol. The normalized spacial score (nSPS) is 20.4. The van der Waals surface area contributed by atoms with E-state index in [4.69, 9.17) is 10.5 Å². The Balaban J connectivity index is 1.28. The Morgan fingerprint density at radius 1 is 0.907 bits per heavy atom. The molecular formula is C36H44N4O3. The number of nitrogens with one attached hydrogen (secondary N) is 1. The maximum absolute atomic E-state index is 13.3. The molecule has 3 aliphatic rings. The van der Waals surface area contributed by atoms with Gasteiger partial charge in [-0.2, -0.15) is 0 Å². The molecule has 0 aromatic heterocycles. The predicted octanol–water partition coefficient (Wildman–Crippen LogP) is 6.88. The summed E-state index contributed by atoms with van der Waals surface area (Å²) in [5.41, 5.74) is 14.0. The van der Waals surface area contributed by atoms with Gasteiger partial charge in [0.1, 0.15) is 0 Å². The van der Waals surface area contributed by atoms with E-state index >= 15 is 0 Å². The van der Waals surface area contributed by atoms with Crippen LogP contribution in [0.4, 0.5) is 16.2 Å². The van der Waals surface area contributed by atoms with Crippen molar-refractivity contribution in [2.24, 2.45) is 11.7 Å². The molecule has 1 heterocycles. The molecule has 3 aromatic carbocycles. The summed E-state index contributed by atoms with van der Waals surface area (Å²) < 4.78 is 5.18. The fourth-order valence-corrected chi connectivity index (χ4v) is 7.13. The number of benzene rings is 3. The van der Waals surface area contributed by atoms with Gasteiger partial charge in [0, 0.05) is 37.6 Å². The SMILES string of the molecule is COC(=O)N(Cc1cccc(-c2ccc(N3CCc4ccccc4C3)c(NC(=O)C3CCCC3)c2)c1)C1CCC(N)CC1. The van der Waals surface area contributed by atoms with Crippen LogP contribution in [-0.4, -0.2) is 42.6 Å². The van der Waals surface area contributed by atoms with E-state index in [0.717, 1.165) is 98.9 Å². The van der Waals surface area contributed by atoms with Crippen LogP contribution in [0.1, 0.15) is 68.1 Å². The quantitative estimate of drug-likeness (QED) is 0.318. The van der Waals surface area contributed by atoms with Crippen molar-refractivity contribution in [2.45, 2.75) is 83.0 Å². The molecule has 7 nitrogen and oxygen atoms in total. The van der Waals surface area contributed by atoms with E-state index in [1.165, 1.54) is 18.2 Å². The fourth-order valence-electron chi connectivity index (χ4n) is 7.13. The molecular weight excluding hydrogens is 536 g/mol. The van der Waals surface area contributed by atoms with Crippen LogP contribution in [0.15, 0.2) is 66.7 Å². The molecule has 3 aromatic rings. The zero-order valence-electron chi connectivity index (χ0n) is 25.3. The van der Waals surface area contributed by atoms with Crippen LogP contribution in [0.3, 0.4) is 0 Å². The summed E-state index contributed by atoms with van der Waals surface area (Å²) in [6.45, 7) is 2.22. The smallest absolute Gasteiger partial charge is 0.410 e. The van der Waals surface area contributed by atoms with E-state index in [0.29, 0.717) is 6.54 Å². The molecule has 0 atom stereocenters. The lowest BCUT2D eigenvalue weighted by Gasteiger charge is -2.35. The summed E-state index contributed by atoms with van der Waals surface area (Å²) in [6.07, 6.45) is 8.48. The molecule has 2 saturated carbocycles. The number of ether oxygens (including phenoxy) is 1. The first-order valence-corrected chi connectivity index (χ1v) is 15.9. The number of nitrogens with two attached hydrogens (primary N) is 1. The van der Waals surface area contributed by atoms with Crippen LogP contribution in [0, 0.1) is 5.92 Å². The average molecular weight is 581 g/mol. The Kier molecular flexibility index (Phi) is 8.98. The molecule has 6 rings (SSSR count). The van der Waals surface area contributed by atoms with Crippen molar-refractivity contribution in [1.82, 2.24) is 4.90 Å². The Morgan fingerprint density at radius 2 is 1.65 bits per heavy atom. The first-order chi connectivity index (χ1) is 21.0. The number of fused-ring (bicyclic) bond motifs is 1. The first kappa shape index (κ1) is 29.2. The number of amides is 2. The lowest BCUT2D eigenvalue weighted by Crippen LogP contribution is -2.43. The van der Waals surface area contributed by atoms with Crippen LogP contribution in [-0.2, 0) is 29.0 Å². The van der Waals surface area contributed by atoms with E-state index in [-0.39, 0.29) is 30.0 Å². The van der Waals surface area contributed by atoms with E-state index in [2.05, 4.69) is 70.9 Å². The second-order valence-corrected chi connectivity index (χ2v) is 12.5. The zero-order valence-corrected chi connectivity index (χ0v) is 25.3. The molecule has 7 heteroatoms. The van der Waals surface area contributed by atoms with Crippen molar-refractivity contribution in [3.8, 4) is 11.1 Å². The topological polar surface area (TPSA) is 87.9 Å².